The summed E-state index contributed by atoms with van der Waals surface area (Å²) >= 11 is 1.39. The summed E-state index contributed by atoms with van der Waals surface area (Å²) in [4.78, 5) is 13.0. The van der Waals surface area contributed by atoms with E-state index in [1.165, 1.54) is 11.3 Å². The molecule has 2 N–H and O–H groups in total. The molecule has 0 bridgehead atoms. The van der Waals surface area contributed by atoms with Crippen LogP contribution in [0.4, 0.5) is 5.69 Å². The van der Waals surface area contributed by atoms with Gasteiger partial charge in [0.15, 0.2) is 11.5 Å². The number of carbonyl (C=O) groups is 1. The molecule has 1 aromatic carbocycles. The molecule has 0 aliphatic carbocycles. The lowest BCUT2D eigenvalue weighted by Gasteiger charge is -2.10. The van der Waals surface area contributed by atoms with Gasteiger partial charge in [-0.05, 0) is 36.6 Å². The van der Waals surface area contributed by atoms with E-state index in [1.54, 1.807) is 20.3 Å². The third-order valence-corrected chi connectivity index (χ3v) is 4.46. The lowest BCUT2D eigenvalue weighted by atomic mass is 10.1. The van der Waals surface area contributed by atoms with Crippen LogP contribution in [-0.4, -0.2) is 30.3 Å². The molecule has 0 unspecified atom stereocenters. The van der Waals surface area contributed by atoms with Crippen LogP contribution in [0.3, 0.4) is 0 Å². The van der Waals surface area contributed by atoms with Gasteiger partial charge in [0.25, 0.3) is 5.91 Å². The van der Waals surface area contributed by atoms with Crippen LogP contribution in [0.1, 0.15) is 15.4 Å². The van der Waals surface area contributed by atoms with E-state index < -0.39 is 0 Å². The van der Waals surface area contributed by atoms with Gasteiger partial charge in [-0.2, -0.15) is 5.10 Å². The molecule has 0 spiro atoms. The summed E-state index contributed by atoms with van der Waals surface area (Å²) in [7, 11) is 3.17. The molecule has 24 heavy (non-hydrogen) atoms. The van der Waals surface area contributed by atoms with E-state index >= 15 is 0 Å². The van der Waals surface area contributed by atoms with Gasteiger partial charge in [-0.1, -0.05) is 6.07 Å². The van der Waals surface area contributed by atoms with Gasteiger partial charge in [0.1, 0.15) is 5.69 Å². The Kier molecular flexibility index (Phi) is 4.52. The molecule has 3 rings (SSSR count). The number of anilines is 1. The van der Waals surface area contributed by atoms with Crippen molar-refractivity contribution in [3.63, 3.8) is 0 Å². The van der Waals surface area contributed by atoms with Crippen molar-refractivity contribution in [2.45, 2.75) is 6.92 Å². The number of benzene rings is 1. The highest BCUT2D eigenvalue weighted by Crippen LogP contribution is 2.35. The molecule has 0 saturated carbocycles. The van der Waals surface area contributed by atoms with Crippen LogP contribution in [0.2, 0.25) is 0 Å². The highest BCUT2D eigenvalue weighted by atomic mass is 32.1. The Labute approximate surface area is 143 Å². The normalized spacial score (nSPS) is 10.5. The molecule has 7 heteroatoms. The summed E-state index contributed by atoms with van der Waals surface area (Å²) in [5.74, 6) is 1.08. The zero-order valence-electron chi connectivity index (χ0n) is 13.5. The molecule has 6 nitrogen and oxygen atoms in total. The van der Waals surface area contributed by atoms with Crippen LogP contribution in [0.15, 0.2) is 35.7 Å². The second-order valence-electron chi connectivity index (χ2n) is 5.07. The molecule has 124 valence electrons. The van der Waals surface area contributed by atoms with Crippen LogP contribution < -0.4 is 14.8 Å². The number of carbonyl (C=O) groups excluding carboxylic acids is 1. The van der Waals surface area contributed by atoms with Crippen LogP contribution in [-0.2, 0) is 0 Å². The predicted octanol–water partition coefficient (Wildman–Crippen LogP) is 3.72. The number of amides is 1. The quantitative estimate of drug-likeness (QED) is 0.740. The van der Waals surface area contributed by atoms with E-state index in [0.29, 0.717) is 27.8 Å². The summed E-state index contributed by atoms with van der Waals surface area (Å²) in [5.41, 5.74) is 2.90. The third-order valence-electron chi connectivity index (χ3n) is 3.59. The number of hydrogen-bond acceptors (Lipinski definition) is 5. The second kappa shape index (κ2) is 6.76. The monoisotopic (exact) mass is 343 g/mol. The van der Waals surface area contributed by atoms with E-state index in [0.717, 1.165) is 11.3 Å². The Morgan fingerprint density at radius 1 is 1.21 bits per heavy atom. The fourth-order valence-electron chi connectivity index (χ4n) is 2.36. The minimum Gasteiger partial charge on any atom is -0.493 e. The minimum atomic E-state index is -0.156. The maximum Gasteiger partial charge on any atom is 0.265 e. The molecule has 0 fully saturated rings. The second-order valence-corrected chi connectivity index (χ2v) is 6.02. The number of aryl methyl sites for hydroxylation is 1. The molecule has 0 aliphatic heterocycles. The highest BCUT2D eigenvalue weighted by molar-refractivity contribution is 7.12. The average molecular weight is 343 g/mol. The van der Waals surface area contributed by atoms with Crippen molar-refractivity contribution >= 4 is 22.9 Å². The first-order valence-electron chi connectivity index (χ1n) is 7.26. The summed E-state index contributed by atoms with van der Waals surface area (Å²) in [5, 5.41) is 12.0. The van der Waals surface area contributed by atoms with Crippen LogP contribution in [0, 0.1) is 6.92 Å². The molecular weight excluding hydrogens is 326 g/mol. The van der Waals surface area contributed by atoms with Crippen molar-refractivity contribution in [2.24, 2.45) is 0 Å². The molecule has 0 atom stereocenters. The van der Waals surface area contributed by atoms with E-state index in [1.807, 2.05) is 36.6 Å². The minimum absolute atomic E-state index is 0.156. The van der Waals surface area contributed by atoms with Crippen molar-refractivity contribution in [3.8, 4) is 22.8 Å². The Bertz CT molecular complexity index is 856. The number of rotatable bonds is 5. The molecule has 2 aromatic heterocycles. The first kappa shape index (κ1) is 16.1. The zero-order chi connectivity index (χ0) is 17.1. The van der Waals surface area contributed by atoms with E-state index in [9.17, 15) is 4.79 Å². The first-order chi connectivity index (χ1) is 11.6. The molecule has 0 radical (unpaired) electrons. The highest BCUT2D eigenvalue weighted by Gasteiger charge is 2.18. The Hall–Kier alpha value is -2.80. The first-order valence-corrected chi connectivity index (χ1v) is 8.14. The van der Waals surface area contributed by atoms with Crippen molar-refractivity contribution < 1.29 is 14.3 Å². The maximum absolute atomic E-state index is 12.3. The van der Waals surface area contributed by atoms with Crippen molar-refractivity contribution in [2.75, 3.05) is 19.5 Å². The number of H-pyrrole nitrogens is 1. The number of ether oxygens (including phenoxy) is 2. The van der Waals surface area contributed by atoms with Crippen molar-refractivity contribution in [1.29, 1.82) is 0 Å². The summed E-state index contributed by atoms with van der Waals surface area (Å²) in [6, 6.07) is 9.14. The van der Waals surface area contributed by atoms with Gasteiger partial charge in [-0.25, -0.2) is 0 Å². The molecule has 3 aromatic rings. The van der Waals surface area contributed by atoms with Gasteiger partial charge >= 0.3 is 0 Å². The molecule has 0 saturated heterocycles. The predicted molar refractivity (Wildman–Crippen MR) is 94.1 cm³/mol. The fraction of sp³-hybridized carbons (Fsp3) is 0.176. The number of aromatic nitrogens is 2. The van der Waals surface area contributed by atoms with Crippen molar-refractivity contribution in [1.82, 2.24) is 10.2 Å². The molecule has 0 aliphatic rings. The lowest BCUT2D eigenvalue weighted by molar-refractivity contribution is 0.103. The number of aromatic amines is 1. The van der Waals surface area contributed by atoms with Crippen LogP contribution in [0.25, 0.3) is 11.3 Å². The van der Waals surface area contributed by atoms with E-state index in [2.05, 4.69) is 15.5 Å². The largest absolute Gasteiger partial charge is 0.493 e. The smallest absolute Gasteiger partial charge is 0.265 e. The van der Waals surface area contributed by atoms with Gasteiger partial charge in [0.2, 0.25) is 0 Å². The van der Waals surface area contributed by atoms with Gasteiger partial charge in [0, 0.05) is 5.56 Å². The summed E-state index contributed by atoms with van der Waals surface area (Å²) in [6.45, 7) is 1.86. The third kappa shape index (κ3) is 2.98. The summed E-state index contributed by atoms with van der Waals surface area (Å²) < 4.78 is 10.6. The fourth-order valence-corrected chi connectivity index (χ4v) is 2.98. The Balaban J connectivity index is 1.97. The van der Waals surface area contributed by atoms with Crippen molar-refractivity contribution in [3.05, 3.63) is 46.3 Å². The maximum atomic E-state index is 12.3. The number of methoxy groups -OCH3 is 2. The van der Waals surface area contributed by atoms with Gasteiger partial charge in [-0.3, -0.25) is 9.89 Å². The molecule has 2 heterocycles. The Morgan fingerprint density at radius 3 is 2.67 bits per heavy atom. The van der Waals surface area contributed by atoms with Crippen LogP contribution in [0.5, 0.6) is 11.5 Å². The number of thiophene rings is 1. The standard InChI is InChI=1S/C17H17N3O3S/c1-10-15(18-17(21)14-5-4-8-24-14)16(20-19-10)11-6-7-12(22-2)13(9-11)23-3/h4-9H,1-3H3,(H,18,21)(H,19,20). The van der Waals surface area contributed by atoms with Gasteiger partial charge in [-0.15, -0.1) is 11.3 Å². The molecule has 1 amide bonds. The zero-order valence-corrected chi connectivity index (χ0v) is 14.4. The number of nitrogens with one attached hydrogen (secondary N) is 2. The summed E-state index contributed by atoms with van der Waals surface area (Å²) in [6.07, 6.45) is 0. The Morgan fingerprint density at radius 2 is 2.00 bits per heavy atom. The molecular formula is C17H17N3O3S. The number of hydrogen-bond donors (Lipinski definition) is 2. The van der Waals surface area contributed by atoms with Crippen LogP contribution >= 0.6 is 11.3 Å². The van der Waals surface area contributed by atoms with E-state index in [-0.39, 0.29) is 5.91 Å². The number of nitrogens with zero attached hydrogens (tertiary/aromatic N) is 1. The SMILES string of the molecule is COc1ccc(-c2n[nH]c(C)c2NC(=O)c2cccs2)cc1OC. The van der Waals surface area contributed by atoms with E-state index in [4.69, 9.17) is 9.47 Å². The lowest BCUT2D eigenvalue weighted by Crippen LogP contribution is -2.11. The average Bonchev–Trinajstić information content (AvgIpc) is 3.25. The van der Waals surface area contributed by atoms with Gasteiger partial charge < -0.3 is 14.8 Å². The topological polar surface area (TPSA) is 76.2 Å². The van der Waals surface area contributed by atoms with Gasteiger partial charge in [0.05, 0.1) is 30.5 Å².